The third-order valence-electron chi connectivity index (χ3n) is 6.92. The van der Waals surface area contributed by atoms with Gasteiger partial charge in [-0.15, -0.1) is 23.1 Å². The fourth-order valence-electron chi connectivity index (χ4n) is 4.65. The molecule has 2 N–H and O–H groups in total. The minimum Gasteiger partial charge on any atom is -0.444 e. The molecule has 2 aromatic heterocycles. The van der Waals surface area contributed by atoms with Crippen LogP contribution in [0, 0.1) is 0 Å². The van der Waals surface area contributed by atoms with Gasteiger partial charge in [0.05, 0.1) is 5.69 Å². The summed E-state index contributed by atoms with van der Waals surface area (Å²) in [5, 5.41) is 4.54. The molecule has 1 saturated carbocycles. The van der Waals surface area contributed by atoms with Crippen molar-refractivity contribution in [3.8, 4) is 0 Å². The van der Waals surface area contributed by atoms with E-state index in [1.165, 1.54) is 45.2 Å². The molecule has 2 aromatic carbocycles. The van der Waals surface area contributed by atoms with Crippen LogP contribution in [0.3, 0.4) is 0 Å². The quantitative estimate of drug-likeness (QED) is 0.296. The number of ether oxygens (including phenoxy) is 1. The van der Waals surface area contributed by atoms with Crippen molar-refractivity contribution >= 4 is 51.8 Å². The number of H-pyrrole nitrogens is 1. The number of thioether (sulfide) groups is 1. The van der Waals surface area contributed by atoms with Crippen molar-refractivity contribution in [1.29, 1.82) is 0 Å². The van der Waals surface area contributed by atoms with Crippen molar-refractivity contribution in [2.24, 2.45) is 0 Å². The third kappa shape index (κ3) is 6.09. The molecule has 3 heterocycles. The van der Waals surface area contributed by atoms with Gasteiger partial charge in [-0.3, -0.25) is 24.2 Å². The molecule has 1 saturated heterocycles. The fourth-order valence-corrected chi connectivity index (χ4v) is 6.72. The topological polar surface area (TPSA) is 125 Å². The molecule has 4 aromatic rings. The number of carbonyl (C=O) groups excluding carboxylic acids is 3. The maximum atomic E-state index is 14.3. The number of amides is 3. The first-order chi connectivity index (χ1) is 20.5. The molecule has 2 fully saturated rings. The van der Waals surface area contributed by atoms with E-state index in [-0.39, 0.29) is 35.8 Å². The van der Waals surface area contributed by atoms with E-state index in [0.29, 0.717) is 21.9 Å². The number of hydrogen-bond donors (Lipinski definition) is 2. The summed E-state index contributed by atoms with van der Waals surface area (Å²) in [6.45, 7) is 0.0322. The number of aromatic amines is 1. The lowest BCUT2D eigenvalue weighted by Crippen LogP contribution is -2.48. The van der Waals surface area contributed by atoms with Gasteiger partial charge < -0.3 is 15.0 Å². The smallest absolute Gasteiger partial charge is 0.412 e. The van der Waals surface area contributed by atoms with E-state index in [2.05, 4.69) is 15.3 Å². The van der Waals surface area contributed by atoms with Gasteiger partial charge in [-0.2, -0.15) is 0 Å². The van der Waals surface area contributed by atoms with Gasteiger partial charge >= 0.3 is 6.09 Å². The summed E-state index contributed by atoms with van der Waals surface area (Å²) >= 11 is 2.67. The minimum atomic E-state index is -0.913. The highest BCUT2D eigenvalue weighted by Crippen LogP contribution is 2.43. The predicted molar refractivity (Wildman–Crippen MR) is 161 cm³/mol. The van der Waals surface area contributed by atoms with Gasteiger partial charge in [0.15, 0.2) is 5.13 Å². The molecule has 42 heavy (non-hydrogen) atoms. The second kappa shape index (κ2) is 12.2. The first-order valence-corrected chi connectivity index (χ1v) is 15.3. The molecule has 0 bridgehead atoms. The van der Waals surface area contributed by atoms with Gasteiger partial charge in [-0.25, -0.2) is 9.78 Å². The van der Waals surface area contributed by atoms with Gasteiger partial charge in [-0.05, 0) is 54.3 Å². The summed E-state index contributed by atoms with van der Waals surface area (Å²) in [6, 6.07) is 18.5. The molecule has 3 amide bonds. The molecule has 10 nitrogen and oxygen atoms in total. The van der Waals surface area contributed by atoms with Crippen LogP contribution in [-0.2, 0) is 16.1 Å². The standard InChI is InChI=1S/C30H27N5O5S2/c36-25-16-21(12-13-31-25)28-35(30(39)40-17-19-4-2-1-3-5-19)24(18-42-28)27(38)34(29-32-14-15-41-29)23-10-6-20(7-11-23)26(37)33-22-8-9-22/h1-7,10-16,22,24,28H,8-9,17-18H2,(H,31,36)(H,33,37). The fraction of sp³-hybridized carbons (Fsp3) is 0.233. The number of aromatic nitrogens is 2. The van der Waals surface area contributed by atoms with Crippen LogP contribution in [0.2, 0.25) is 0 Å². The van der Waals surface area contributed by atoms with Crippen LogP contribution in [-0.4, -0.2) is 50.6 Å². The van der Waals surface area contributed by atoms with Gasteiger partial charge in [0, 0.05) is 41.2 Å². The number of nitrogens with zero attached hydrogens (tertiary/aromatic N) is 3. The molecule has 12 heteroatoms. The van der Waals surface area contributed by atoms with E-state index < -0.39 is 17.5 Å². The largest absolute Gasteiger partial charge is 0.444 e. The van der Waals surface area contributed by atoms with Gasteiger partial charge in [0.2, 0.25) is 5.56 Å². The van der Waals surface area contributed by atoms with Crippen molar-refractivity contribution in [2.45, 2.75) is 36.9 Å². The number of hydrogen-bond acceptors (Lipinski definition) is 8. The van der Waals surface area contributed by atoms with Crippen LogP contribution < -0.4 is 15.8 Å². The van der Waals surface area contributed by atoms with Gasteiger partial charge in [0.1, 0.15) is 18.0 Å². The zero-order chi connectivity index (χ0) is 29.1. The average molecular weight is 602 g/mol. The molecule has 0 radical (unpaired) electrons. The highest BCUT2D eigenvalue weighted by Gasteiger charge is 2.46. The van der Waals surface area contributed by atoms with E-state index >= 15 is 0 Å². The van der Waals surface area contributed by atoms with Gasteiger partial charge in [-0.1, -0.05) is 30.3 Å². The Labute approximate surface area is 249 Å². The molecule has 0 spiro atoms. The second-order valence-electron chi connectivity index (χ2n) is 9.92. The summed E-state index contributed by atoms with van der Waals surface area (Å²) in [6.07, 6.45) is 4.42. The van der Waals surface area contributed by atoms with Crippen molar-refractivity contribution in [1.82, 2.24) is 20.2 Å². The Balaban J connectivity index is 1.30. The lowest BCUT2D eigenvalue weighted by atomic mass is 10.1. The summed E-state index contributed by atoms with van der Waals surface area (Å²) < 4.78 is 5.69. The maximum Gasteiger partial charge on any atom is 0.412 e. The van der Waals surface area contributed by atoms with Gasteiger partial charge in [0.25, 0.3) is 11.8 Å². The molecule has 1 aliphatic carbocycles. The van der Waals surface area contributed by atoms with Crippen LogP contribution in [0.25, 0.3) is 0 Å². The molecule has 6 rings (SSSR count). The molecular weight excluding hydrogens is 574 g/mol. The number of thiazole rings is 1. The Morgan fingerprint density at radius 2 is 1.86 bits per heavy atom. The molecule has 2 atom stereocenters. The molecule has 214 valence electrons. The molecular formula is C30H27N5O5S2. The summed E-state index contributed by atoms with van der Waals surface area (Å²) in [7, 11) is 0. The SMILES string of the molecule is O=C(NC1CC1)c1ccc(N(C(=O)C2CSC(c3cc[nH]c(=O)c3)N2C(=O)OCc2ccccc2)c2nccs2)cc1. The van der Waals surface area contributed by atoms with Crippen molar-refractivity contribution < 1.29 is 19.1 Å². The highest BCUT2D eigenvalue weighted by atomic mass is 32.2. The van der Waals surface area contributed by atoms with E-state index in [9.17, 15) is 19.2 Å². The van der Waals surface area contributed by atoms with Crippen molar-refractivity contribution in [3.63, 3.8) is 0 Å². The van der Waals surface area contributed by atoms with Crippen molar-refractivity contribution in [3.05, 3.63) is 112 Å². The lowest BCUT2D eigenvalue weighted by molar-refractivity contribution is -0.121. The summed E-state index contributed by atoms with van der Waals surface area (Å²) in [5.74, 6) is -0.256. The number of anilines is 2. The van der Waals surface area contributed by atoms with Crippen LogP contribution >= 0.6 is 23.1 Å². The monoisotopic (exact) mass is 601 g/mol. The normalized spacial score (nSPS) is 18.0. The zero-order valence-corrected chi connectivity index (χ0v) is 24.0. The average Bonchev–Trinajstić information content (AvgIpc) is 3.46. The minimum absolute atomic E-state index is 0.0322. The molecule has 2 aliphatic rings. The molecule has 2 unspecified atom stereocenters. The zero-order valence-electron chi connectivity index (χ0n) is 22.3. The van der Waals surface area contributed by atoms with E-state index in [0.717, 1.165) is 18.4 Å². The summed E-state index contributed by atoms with van der Waals surface area (Å²) in [4.78, 5) is 62.5. The Hall–Kier alpha value is -4.42. The Bertz CT molecular complexity index is 1620. The Morgan fingerprint density at radius 1 is 1.07 bits per heavy atom. The number of rotatable bonds is 8. The first kappa shape index (κ1) is 27.7. The number of carbonyl (C=O) groups is 3. The van der Waals surface area contributed by atoms with E-state index in [4.69, 9.17) is 4.74 Å². The predicted octanol–water partition coefficient (Wildman–Crippen LogP) is 4.84. The molecule has 1 aliphatic heterocycles. The van der Waals surface area contributed by atoms with E-state index in [1.807, 2.05) is 30.3 Å². The third-order valence-corrected chi connectivity index (χ3v) is 9.00. The van der Waals surface area contributed by atoms with Crippen LogP contribution in [0.15, 0.2) is 89.3 Å². The number of nitrogens with one attached hydrogen (secondary N) is 2. The number of benzene rings is 2. The maximum absolute atomic E-state index is 14.3. The van der Waals surface area contributed by atoms with Crippen LogP contribution in [0.4, 0.5) is 15.6 Å². The Morgan fingerprint density at radius 3 is 2.55 bits per heavy atom. The van der Waals surface area contributed by atoms with Crippen molar-refractivity contribution in [2.75, 3.05) is 10.7 Å². The highest BCUT2D eigenvalue weighted by molar-refractivity contribution is 7.99. The number of pyridine rings is 1. The van der Waals surface area contributed by atoms with Crippen LogP contribution in [0.5, 0.6) is 0 Å². The first-order valence-electron chi connectivity index (χ1n) is 13.4. The van der Waals surface area contributed by atoms with Crippen LogP contribution in [0.1, 0.15) is 39.7 Å². The summed E-state index contributed by atoms with van der Waals surface area (Å²) in [5.41, 5.74) is 2.09. The lowest BCUT2D eigenvalue weighted by Gasteiger charge is -2.31. The Kier molecular flexibility index (Phi) is 8.06. The van der Waals surface area contributed by atoms with E-state index in [1.54, 1.807) is 41.9 Å². The second-order valence-corrected chi connectivity index (χ2v) is 11.9.